The van der Waals surface area contributed by atoms with Gasteiger partial charge >= 0.3 is 0 Å². The Labute approximate surface area is 245 Å². The van der Waals surface area contributed by atoms with Crippen LogP contribution < -0.4 is 0 Å². The van der Waals surface area contributed by atoms with Crippen LogP contribution in [0.15, 0.2) is 158 Å². The van der Waals surface area contributed by atoms with Crippen LogP contribution in [-0.2, 0) is 0 Å². The summed E-state index contributed by atoms with van der Waals surface area (Å²) in [5, 5.41) is 7.73. The molecule has 0 radical (unpaired) electrons. The Bertz CT molecular complexity index is 2350. The minimum absolute atomic E-state index is 1.23. The molecule has 0 fully saturated rings. The Hall–Kier alpha value is -5.46. The van der Waals surface area contributed by atoms with Crippen LogP contribution in [0.25, 0.3) is 88.0 Å². The first-order chi connectivity index (χ1) is 20.8. The number of hydrogen-bond donors (Lipinski definition) is 0. The molecule has 0 heteroatoms. The highest BCUT2D eigenvalue weighted by Crippen LogP contribution is 2.48. The van der Waals surface area contributed by atoms with Crippen LogP contribution in [-0.4, -0.2) is 0 Å². The van der Waals surface area contributed by atoms with Crippen molar-refractivity contribution in [1.29, 1.82) is 0 Å². The van der Waals surface area contributed by atoms with E-state index >= 15 is 0 Å². The highest BCUT2D eigenvalue weighted by atomic mass is 14.2. The summed E-state index contributed by atoms with van der Waals surface area (Å²) in [4.78, 5) is 0. The summed E-state index contributed by atoms with van der Waals surface area (Å²) in [6.45, 7) is 0. The van der Waals surface area contributed by atoms with Gasteiger partial charge in [0.1, 0.15) is 0 Å². The molecule has 0 heterocycles. The molecular weight excluding hydrogens is 504 g/mol. The SMILES string of the molecule is c1cc(-c2ccc3ccccc3c2)cc(-c2ccc3cc(-c4cc5c6c(cccc6c4)-c4ccccc4-5)ccc3c2)c1. The van der Waals surface area contributed by atoms with E-state index in [1.165, 1.54) is 88.0 Å². The van der Waals surface area contributed by atoms with Gasteiger partial charge in [0.05, 0.1) is 0 Å². The van der Waals surface area contributed by atoms with Crippen LogP contribution >= 0.6 is 0 Å². The molecule has 8 aromatic rings. The first-order valence-electron chi connectivity index (χ1n) is 14.6. The Morgan fingerprint density at radius 3 is 1.38 bits per heavy atom. The second kappa shape index (κ2) is 9.03. The van der Waals surface area contributed by atoms with Crippen LogP contribution in [0, 0.1) is 0 Å². The Morgan fingerprint density at radius 1 is 0.214 bits per heavy atom. The molecule has 0 atom stereocenters. The van der Waals surface area contributed by atoms with Crippen molar-refractivity contribution in [1.82, 2.24) is 0 Å². The van der Waals surface area contributed by atoms with Gasteiger partial charge in [-0.3, -0.25) is 0 Å². The molecule has 0 unspecified atom stereocenters. The van der Waals surface area contributed by atoms with E-state index in [-0.39, 0.29) is 0 Å². The monoisotopic (exact) mass is 530 g/mol. The normalized spacial score (nSPS) is 11.8. The molecule has 1 aliphatic carbocycles. The molecule has 0 bridgehead atoms. The molecule has 0 N–H and O–H groups in total. The van der Waals surface area contributed by atoms with E-state index in [9.17, 15) is 0 Å². The predicted octanol–water partition coefficient (Wildman–Crippen LogP) is 11.8. The molecule has 0 aliphatic heterocycles. The summed E-state index contributed by atoms with van der Waals surface area (Å²) in [5.41, 5.74) is 12.8. The summed E-state index contributed by atoms with van der Waals surface area (Å²) in [6.07, 6.45) is 0. The van der Waals surface area contributed by atoms with Crippen molar-refractivity contribution in [2.75, 3.05) is 0 Å². The standard InChI is InChI=1S/C42H26/c1-2-8-28-21-31(16-15-27(28)7-1)29-9-5-10-30(22-29)32-17-18-34-24-35(20-19-33(34)23-32)37-25-36-11-6-14-40-38-12-3-4-13-39(38)41(26-37)42(36)40/h1-26H. The van der Waals surface area contributed by atoms with Gasteiger partial charge in [0, 0.05) is 0 Å². The summed E-state index contributed by atoms with van der Waals surface area (Å²) in [7, 11) is 0. The first kappa shape index (κ1) is 23.3. The lowest BCUT2D eigenvalue weighted by Gasteiger charge is -2.11. The van der Waals surface area contributed by atoms with Crippen molar-refractivity contribution >= 4 is 32.3 Å². The van der Waals surface area contributed by atoms with Gasteiger partial charge in [0.15, 0.2) is 0 Å². The second-order valence-electron chi connectivity index (χ2n) is 11.4. The predicted molar refractivity (Wildman–Crippen MR) is 180 cm³/mol. The first-order valence-corrected chi connectivity index (χ1v) is 14.6. The average Bonchev–Trinajstić information content (AvgIpc) is 3.39. The van der Waals surface area contributed by atoms with E-state index in [0.717, 1.165) is 0 Å². The van der Waals surface area contributed by atoms with Gasteiger partial charge in [0.25, 0.3) is 0 Å². The van der Waals surface area contributed by atoms with Crippen molar-refractivity contribution in [3.63, 3.8) is 0 Å². The maximum atomic E-state index is 2.38. The van der Waals surface area contributed by atoms with Crippen LogP contribution in [0.5, 0.6) is 0 Å². The van der Waals surface area contributed by atoms with Gasteiger partial charge in [-0.1, -0.05) is 121 Å². The number of rotatable bonds is 3. The molecule has 9 rings (SSSR count). The van der Waals surface area contributed by atoms with Crippen molar-refractivity contribution in [2.45, 2.75) is 0 Å². The van der Waals surface area contributed by atoms with Crippen molar-refractivity contribution in [3.05, 3.63) is 158 Å². The van der Waals surface area contributed by atoms with Crippen LogP contribution in [0.1, 0.15) is 0 Å². The van der Waals surface area contributed by atoms with Gasteiger partial charge in [0.2, 0.25) is 0 Å². The molecule has 0 aromatic heterocycles. The highest BCUT2D eigenvalue weighted by molar-refractivity contribution is 6.16. The third kappa shape index (κ3) is 3.62. The maximum absolute atomic E-state index is 2.38. The van der Waals surface area contributed by atoms with E-state index in [2.05, 4.69) is 158 Å². The molecule has 1 aliphatic rings. The average molecular weight is 531 g/mol. The summed E-state index contributed by atoms with van der Waals surface area (Å²) < 4.78 is 0. The molecule has 0 amide bonds. The smallest absolute Gasteiger partial charge is 0.00259 e. The maximum Gasteiger partial charge on any atom is -0.00259 e. The number of hydrogen-bond acceptors (Lipinski definition) is 0. The fourth-order valence-corrected chi connectivity index (χ4v) is 6.84. The van der Waals surface area contributed by atoms with E-state index in [0.29, 0.717) is 0 Å². The minimum Gasteiger partial charge on any atom is -0.0616 e. The fourth-order valence-electron chi connectivity index (χ4n) is 6.84. The molecule has 0 saturated carbocycles. The molecule has 0 saturated heterocycles. The minimum atomic E-state index is 1.23. The lowest BCUT2D eigenvalue weighted by Crippen LogP contribution is -1.85. The summed E-state index contributed by atoms with van der Waals surface area (Å²) in [6, 6.07) is 58.1. The van der Waals surface area contributed by atoms with Crippen LogP contribution in [0.3, 0.4) is 0 Å². The Balaban J connectivity index is 1.10. The van der Waals surface area contributed by atoms with E-state index in [1.54, 1.807) is 0 Å². The Kier molecular flexibility index (Phi) is 5.00. The summed E-state index contributed by atoms with van der Waals surface area (Å²) >= 11 is 0. The van der Waals surface area contributed by atoms with Crippen LogP contribution in [0.2, 0.25) is 0 Å². The van der Waals surface area contributed by atoms with Gasteiger partial charge in [-0.25, -0.2) is 0 Å². The zero-order valence-electron chi connectivity index (χ0n) is 23.0. The second-order valence-corrected chi connectivity index (χ2v) is 11.4. The molecule has 0 spiro atoms. The van der Waals surface area contributed by atoms with Crippen molar-refractivity contribution in [3.8, 4) is 55.6 Å². The van der Waals surface area contributed by atoms with Crippen molar-refractivity contribution in [2.24, 2.45) is 0 Å². The van der Waals surface area contributed by atoms with E-state index in [4.69, 9.17) is 0 Å². The summed E-state index contributed by atoms with van der Waals surface area (Å²) in [5.74, 6) is 0. The van der Waals surface area contributed by atoms with Gasteiger partial charge in [-0.15, -0.1) is 0 Å². The zero-order chi connectivity index (χ0) is 27.6. The molecule has 194 valence electrons. The third-order valence-corrected chi connectivity index (χ3v) is 8.94. The van der Waals surface area contributed by atoms with Gasteiger partial charge in [-0.2, -0.15) is 0 Å². The van der Waals surface area contributed by atoms with Gasteiger partial charge < -0.3 is 0 Å². The molecule has 0 nitrogen and oxygen atoms in total. The molecular formula is C42H26. The zero-order valence-corrected chi connectivity index (χ0v) is 23.0. The lowest BCUT2D eigenvalue weighted by atomic mass is 9.93. The quantitative estimate of drug-likeness (QED) is 0.213. The molecule has 8 aromatic carbocycles. The van der Waals surface area contributed by atoms with Gasteiger partial charge in [-0.05, 0) is 124 Å². The highest BCUT2D eigenvalue weighted by Gasteiger charge is 2.21. The van der Waals surface area contributed by atoms with Crippen molar-refractivity contribution < 1.29 is 0 Å². The van der Waals surface area contributed by atoms with Crippen LogP contribution in [0.4, 0.5) is 0 Å². The largest absolute Gasteiger partial charge is 0.0616 e. The Morgan fingerprint density at radius 2 is 0.667 bits per heavy atom. The van der Waals surface area contributed by atoms with E-state index < -0.39 is 0 Å². The fraction of sp³-hybridized carbons (Fsp3) is 0. The third-order valence-electron chi connectivity index (χ3n) is 8.94. The lowest BCUT2D eigenvalue weighted by molar-refractivity contribution is 1.61. The number of fused-ring (bicyclic) bond motifs is 5. The number of benzene rings is 8. The topological polar surface area (TPSA) is 0 Å². The molecule has 42 heavy (non-hydrogen) atoms. The van der Waals surface area contributed by atoms with E-state index in [1.807, 2.05) is 0 Å².